The largest absolute Gasteiger partial charge is 0.390 e. The number of anilines is 1. The molecule has 150 valence electrons. The summed E-state index contributed by atoms with van der Waals surface area (Å²) >= 11 is 0. The maximum atomic E-state index is 10.6. The van der Waals surface area contributed by atoms with Crippen molar-refractivity contribution in [2.75, 3.05) is 57.3 Å². The number of piperidine rings is 1. The summed E-state index contributed by atoms with van der Waals surface area (Å²) in [6.45, 7) is 8.28. The van der Waals surface area contributed by atoms with Crippen LogP contribution < -0.4 is 4.90 Å². The molecule has 1 atom stereocenters. The lowest BCUT2D eigenvalue weighted by Gasteiger charge is -2.45. The van der Waals surface area contributed by atoms with Crippen molar-refractivity contribution >= 4 is 5.69 Å². The first-order valence-electron chi connectivity index (χ1n) is 11.2. The Morgan fingerprint density at radius 3 is 1.96 bits per heavy atom. The van der Waals surface area contributed by atoms with Gasteiger partial charge in [-0.3, -0.25) is 4.90 Å². The first-order valence-corrected chi connectivity index (χ1v) is 11.2. The summed E-state index contributed by atoms with van der Waals surface area (Å²) in [7, 11) is 0. The Hall–Kier alpha value is -1.10. The lowest BCUT2D eigenvalue weighted by atomic mass is 9.68. The van der Waals surface area contributed by atoms with E-state index < -0.39 is 0 Å². The molecule has 2 saturated heterocycles. The highest BCUT2D eigenvalue weighted by Crippen LogP contribution is 2.44. The molecular weight excluding hydrogens is 334 g/mol. The molecule has 3 aliphatic rings. The van der Waals surface area contributed by atoms with Crippen molar-refractivity contribution in [1.82, 2.24) is 9.80 Å². The van der Waals surface area contributed by atoms with Gasteiger partial charge in [0.2, 0.25) is 0 Å². The van der Waals surface area contributed by atoms with Crippen molar-refractivity contribution in [3.63, 3.8) is 0 Å². The van der Waals surface area contributed by atoms with Crippen LogP contribution in [0, 0.1) is 5.41 Å². The van der Waals surface area contributed by atoms with Crippen molar-refractivity contribution in [3.8, 4) is 0 Å². The van der Waals surface area contributed by atoms with Crippen LogP contribution in [-0.2, 0) is 0 Å². The summed E-state index contributed by atoms with van der Waals surface area (Å²) in [5.41, 5.74) is 1.98. The molecule has 2 heterocycles. The molecule has 1 aromatic rings. The number of β-amino-alcohol motifs (C(OH)–C–C–N with tert-alkyl or cyclic N) is 1. The number of piperazine rings is 1. The number of para-hydroxylation sites is 1. The quantitative estimate of drug-likeness (QED) is 0.861. The zero-order valence-electron chi connectivity index (χ0n) is 16.9. The van der Waals surface area contributed by atoms with Crippen LogP contribution in [-0.4, -0.2) is 73.4 Å². The van der Waals surface area contributed by atoms with E-state index in [0.29, 0.717) is 5.41 Å². The summed E-state index contributed by atoms with van der Waals surface area (Å²) in [5, 5.41) is 10.6. The van der Waals surface area contributed by atoms with E-state index in [1.165, 1.54) is 63.7 Å². The third-order valence-corrected chi connectivity index (χ3v) is 7.26. The van der Waals surface area contributed by atoms with Crippen LogP contribution in [0.4, 0.5) is 5.69 Å². The molecule has 0 amide bonds. The van der Waals surface area contributed by atoms with Gasteiger partial charge in [-0.1, -0.05) is 37.5 Å². The van der Waals surface area contributed by atoms with Gasteiger partial charge in [0.05, 0.1) is 6.10 Å². The van der Waals surface area contributed by atoms with E-state index in [0.717, 1.165) is 39.3 Å². The van der Waals surface area contributed by atoms with Crippen LogP contribution in [0.2, 0.25) is 0 Å². The average molecular weight is 372 g/mol. The monoisotopic (exact) mass is 371 g/mol. The predicted octanol–water partition coefficient (Wildman–Crippen LogP) is 3.22. The van der Waals surface area contributed by atoms with Crippen LogP contribution in [0.25, 0.3) is 0 Å². The molecule has 4 heteroatoms. The second-order valence-corrected chi connectivity index (χ2v) is 9.14. The number of likely N-dealkylation sites (tertiary alicyclic amines) is 1. The van der Waals surface area contributed by atoms with E-state index >= 15 is 0 Å². The van der Waals surface area contributed by atoms with Crippen molar-refractivity contribution < 1.29 is 5.11 Å². The molecule has 1 aromatic carbocycles. The molecule has 1 aliphatic carbocycles. The van der Waals surface area contributed by atoms with Crippen LogP contribution in [0.15, 0.2) is 30.3 Å². The minimum Gasteiger partial charge on any atom is -0.390 e. The van der Waals surface area contributed by atoms with Gasteiger partial charge in [-0.2, -0.15) is 0 Å². The summed E-state index contributed by atoms with van der Waals surface area (Å²) in [4.78, 5) is 7.42. The molecule has 3 fully saturated rings. The van der Waals surface area contributed by atoms with Crippen LogP contribution >= 0.6 is 0 Å². The maximum absolute atomic E-state index is 10.6. The van der Waals surface area contributed by atoms with Crippen molar-refractivity contribution in [3.05, 3.63) is 30.3 Å². The molecule has 1 spiro atoms. The van der Waals surface area contributed by atoms with Gasteiger partial charge in [-0.15, -0.1) is 0 Å². The number of benzene rings is 1. The van der Waals surface area contributed by atoms with Crippen LogP contribution in [0.1, 0.15) is 44.9 Å². The van der Waals surface area contributed by atoms with Gasteiger partial charge in [0, 0.05) is 45.0 Å². The third kappa shape index (κ3) is 5.04. The normalized spacial score (nSPS) is 25.6. The van der Waals surface area contributed by atoms with E-state index in [1.807, 2.05) is 0 Å². The highest BCUT2D eigenvalue weighted by Gasteiger charge is 2.35. The first-order chi connectivity index (χ1) is 13.2. The summed E-state index contributed by atoms with van der Waals surface area (Å²) in [6.07, 6.45) is 9.74. The van der Waals surface area contributed by atoms with E-state index in [4.69, 9.17) is 0 Å². The molecule has 0 bridgehead atoms. The zero-order chi connectivity index (χ0) is 18.5. The lowest BCUT2D eigenvalue weighted by Crippen LogP contribution is -2.51. The summed E-state index contributed by atoms with van der Waals surface area (Å²) < 4.78 is 0. The fourth-order valence-electron chi connectivity index (χ4n) is 5.49. The van der Waals surface area contributed by atoms with Gasteiger partial charge in [0.25, 0.3) is 0 Å². The third-order valence-electron chi connectivity index (χ3n) is 7.26. The molecule has 0 radical (unpaired) electrons. The summed E-state index contributed by atoms with van der Waals surface area (Å²) in [5.74, 6) is 0. The lowest BCUT2D eigenvalue weighted by molar-refractivity contribution is 0.0261. The highest BCUT2D eigenvalue weighted by atomic mass is 16.3. The van der Waals surface area contributed by atoms with Gasteiger partial charge < -0.3 is 14.9 Å². The fourth-order valence-corrected chi connectivity index (χ4v) is 5.49. The van der Waals surface area contributed by atoms with Crippen LogP contribution in [0.3, 0.4) is 0 Å². The standard InChI is InChI=1S/C23H37N3O/c27-22(19-24-13-11-23(12-14-24)9-5-2-6-10-23)20-25-15-17-26(18-16-25)21-7-3-1-4-8-21/h1,3-4,7-8,22,27H,2,5-6,9-20H2. The van der Waals surface area contributed by atoms with Gasteiger partial charge in [0.1, 0.15) is 0 Å². The number of aliphatic hydroxyl groups excluding tert-OH is 1. The molecular formula is C23H37N3O. The predicted molar refractivity (Wildman–Crippen MR) is 112 cm³/mol. The van der Waals surface area contributed by atoms with E-state index in [-0.39, 0.29) is 6.10 Å². The molecule has 1 N–H and O–H groups in total. The number of nitrogens with zero attached hydrogens (tertiary/aromatic N) is 3. The number of rotatable bonds is 5. The first kappa shape index (κ1) is 19.2. The summed E-state index contributed by atoms with van der Waals surface area (Å²) in [6, 6.07) is 10.7. The van der Waals surface area contributed by atoms with Gasteiger partial charge in [-0.25, -0.2) is 0 Å². The Morgan fingerprint density at radius 1 is 0.741 bits per heavy atom. The van der Waals surface area contributed by atoms with Gasteiger partial charge >= 0.3 is 0 Å². The molecule has 4 nitrogen and oxygen atoms in total. The second kappa shape index (κ2) is 8.93. The Labute approximate surface area is 165 Å². The molecule has 27 heavy (non-hydrogen) atoms. The van der Waals surface area contributed by atoms with Crippen molar-refractivity contribution in [1.29, 1.82) is 0 Å². The molecule has 0 aromatic heterocycles. The minimum atomic E-state index is -0.214. The Kier molecular flexibility index (Phi) is 6.36. The fraction of sp³-hybridized carbons (Fsp3) is 0.739. The zero-order valence-corrected chi connectivity index (χ0v) is 16.9. The van der Waals surface area contributed by atoms with Gasteiger partial charge in [0.15, 0.2) is 0 Å². The number of hydrogen-bond acceptors (Lipinski definition) is 4. The topological polar surface area (TPSA) is 30.0 Å². The smallest absolute Gasteiger partial charge is 0.0793 e. The number of hydrogen-bond donors (Lipinski definition) is 1. The van der Waals surface area contributed by atoms with E-state index in [2.05, 4.69) is 45.0 Å². The molecule has 4 rings (SSSR count). The van der Waals surface area contributed by atoms with E-state index in [1.54, 1.807) is 0 Å². The average Bonchev–Trinajstić information content (AvgIpc) is 2.72. The van der Waals surface area contributed by atoms with Gasteiger partial charge in [-0.05, 0) is 56.3 Å². The maximum Gasteiger partial charge on any atom is 0.0793 e. The van der Waals surface area contributed by atoms with Crippen LogP contribution in [0.5, 0.6) is 0 Å². The SMILES string of the molecule is OC(CN1CCN(c2ccccc2)CC1)CN1CCC2(CCCCC2)CC1. The van der Waals surface area contributed by atoms with E-state index in [9.17, 15) is 5.11 Å². The Morgan fingerprint density at radius 2 is 1.33 bits per heavy atom. The molecule has 2 aliphatic heterocycles. The minimum absolute atomic E-state index is 0.214. The number of aliphatic hydroxyl groups is 1. The van der Waals surface area contributed by atoms with Crippen molar-refractivity contribution in [2.45, 2.75) is 51.0 Å². The van der Waals surface area contributed by atoms with Crippen molar-refractivity contribution in [2.24, 2.45) is 5.41 Å². The highest BCUT2D eigenvalue weighted by molar-refractivity contribution is 5.46. The Bertz CT molecular complexity index is 554. The second-order valence-electron chi connectivity index (χ2n) is 9.14. The molecule has 1 saturated carbocycles. The Balaban J connectivity index is 1.17. The molecule has 1 unspecified atom stereocenters.